The summed E-state index contributed by atoms with van der Waals surface area (Å²) in [7, 11) is 0. The lowest BCUT2D eigenvalue weighted by Gasteiger charge is -2.08. The zero-order chi connectivity index (χ0) is 44.4. The molecule has 7 rings (SSSR count). The third-order valence-electron chi connectivity index (χ3n) is 7.90. The number of aryl methyl sites for hydroxylation is 1. The number of nitrogens with zero attached hydrogens (tertiary/aromatic N) is 4. The molecular formula is C38H19ClF10N6O4S2. The van der Waals surface area contributed by atoms with Crippen LogP contribution < -0.4 is 10.6 Å². The Morgan fingerprint density at radius 2 is 1.05 bits per heavy atom. The van der Waals surface area contributed by atoms with Gasteiger partial charge in [-0.15, -0.1) is 0 Å². The SMILES string of the molecule is Cc1noc(-c2nc(NC(=O)c3c(F)cccc3F)sc2-c2cccc(C(F)(F)F)c2)n1.O=C(Cl)c1nc(NC(=O)c2c(F)cccc2F)sc1-c1cccc(C(F)(F)F)c1. The van der Waals surface area contributed by atoms with Crippen molar-refractivity contribution in [2.24, 2.45) is 0 Å². The molecule has 0 unspecified atom stereocenters. The van der Waals surface area contributed by atoms with Gasteiger partial charge in [-0.3, -0.25) is 25.0 Å². The molecule has 2 N–H and O–H groups in total. The maximum Gasteiger partial charge on any atom is 0.416 e. The summed E-state index contributed by atoms with van der Waals surface area (Å²) in [6.45, 7) is 1.53. The molecule has 61 heavy (non-hydrogen) atoms. The molecule has 10 nitrogen and oxygen atoms in total. The molecule has 7 aromatic rings. The van der Waals surface area contributed by atoms with Gasteiger partial charge in [0.1, 0.15) is 45.8 Å². The summed E-state index contributed by atoms with van der Waals surface area (Å²) in [6, 6.07) is 14.3. The normalized spacial score (nSPS) is 11.5. The Kier molecular flexibility index (Phi) is 12.7. The number of benzene rings is 4. The first-order valence-electron chi connectivity index (χ1n) is 16.6. The van der Waals surface area contributed by atoms with Gasteiger partial charge in [0.15, 0.2) is 16.1 Å². The molecule has 0 aliphatic heterocycles. The number of aromatic nitrogens is 4. The highest BCUT2D eigenvalue weighted by atomic mass is 35.5. The Balaban J connectivity index is 0.000000205. The number of hydrogen-bond donors (Lipinski definition) is 2. The van der Waals surface area contributed by atoms with E-state index < -0.39 is 80.6 Å². The van der Waals surface area contributed by atoms with E-state index in [1.165, 1.54) is 25.1 Å². The van der Waals surface area contributed by atoms with Crippen LogP contribution in [-0.4, -0.2) is 37.2 Å². The van der Waals surface area contributed by atoms with Crippen molar-refractivity contribution >= 4 is 61.6 Å². The third kappa shape index (κ3) is 10.1. The van der Waals surface area contributed by atoms with Crippen LogP contribution in [0.15, 0.2) is 89.5 Å². The average Bonchev–Trinajstić information content (AvgIpc) is 3.93. The van der Waals surface area contributed by atoms with Crippen molar-refractivity contribution in [1.82, 2.24) is 20.1 Å². The Morgan fingerprint density at radius 1 is 0.623 bits per heavy atom. The Labute approximate surface area is 347 Å². The summed E-state index contributed by atoms with van der Waals surface area (Å²) in [6.07, 6.45) is -9.20. The van der Waals surface area contributed by atoms with Gasteiger partial charge in [-0.05, 0) is 78.2 Å². The highest BCUT2D eigenvalue weighted by Gasteiger charge is 2.33. The van der Waals surface area contributed by atoms with Crippen molar-refractivity contribution in [3.8, 4) is 32.5 Å². The van der Waals surface area contributed by atoms with Crippen LogP contribution in [0.1, 0.15) is 48.2 Å². The van der Waals surface area contributed by atoms with E-state index in [2.05, 4.69) is 30.7 Å². The van der Waals surface area contributed by atoms with Crippen LogP contribution in [0.25, 0.3) is 32.5 Å². The predicted molar refractivity (Wildman–Crippen MR) is 202 cm³/mol. The van der Waals surface area contributed by atoms with E-state index in [1.54, 1.807) is 0 Å². The molecular weight excluding hydrogens is 894 g/mol. The minimum atomic E-state index is -4.62. The number of nitrogens with one attached hydrogen (secondary N) is 2. The van der Waals surface area contributed by atoms with Crippen molar-refractivity contribution in [2.75, 3.05) is 10.6 Å². The number of carbonyl (C=O) groups excluding carboxylic acids is 3. The maximum absolute atomic E-state index is 13.9. The Morgan fingerprint density at radius 3 is 1.48 bits per heavy atom. The topological polar surface area (TPSA) is 140 Å². The highest BCUT2D eigenvalue weighted by Crippen LogP contribution is 2.41. The number of rotatable bonds is 8. The number of hydrogen-bond acceptors (Lipinski definition) is 10. The zero-order valence-electron chi connectivity index (χ0n) is 30.0. The molecule has 0 fully saturated rings. The fourth-order valence-corrected chi connectivity index (χ4v) is 7.33. The van der Waals surface area contributed by atoms with Gasteiger partial charge in [0.2, 0.25) is 0 Å². The second-order valence-electron chi connectivity index (χ2n) is 12.1. The molecule has 0 saturated carbocycles. The van der Waals surface area contributed by atoms with Gasteiger partial charge >= 0.3 is 12.4 Å². The molecule has 0 radical (unpaired) electrons. The van der Waals surface area contributed by atoms with E-state index >= 15 is 0 Å². The molecule has 4 aromatic carbocycles. The van der Waals surface area contributed by atoms with Gasteiger partial charge in [-0.1, -0.05) is 64.2 Å². The van der Waals surface area contributed by atoms with E-state index in [-0.39, 0.29) is 48.6 Å². The van der Waals surface area contributed by atoms with Crippen molar-refractivity contribution in [1.29, 1.82) is 0 Å². The van der Waals surface area contributed by atoms with Crippen LogP contribution >= 0.6 is 34.3 Å². The van der Waals surface area contributed by atoms with E-state index in [0.29, 0.717) is 11.3 Å². The summed E-state index contributed by atoms with van der Waals surface area (Å²) in [5.74, 6) is -6.53. The second-order valence-corrected chi connectivity index (χ2v) is 14.4. The average molecular weight is 913 g/mol. The van der Waals surface area contributed by atoms with Crippen LogP contribution in [0, 0.1) is 30.2 Å². The molecule has 0 spiro atoms. The molecule has 0 aliphatic carbocycles. The molecule has 3 aromatic heterocycles. The van der Waals surface area contributed by atoms with Gasteiger partial charge in [0.25, 0.3) is 22.9 Å². The van der Waals surface area contributed by atoms with Crippen molar-refractivity contribution in [2.45, 2.75) is 19.3 Å². The summed E-state index contributed by atoms with van der Waals surface area (Å²) in [5.41, 5.74) is -3.83. The lowest BCUT2D eigenvalue weighted by atomic mass is 10.1. The number of alkyl halides is 6. The molecule has 0 bridgehead atoms. The first kappa shape index (κ1) is 44.0. The largest absolute Gasteiger partial charge is 0.416 e. The number of anilines is 2. The first-order chi connectivity index (χ1) is 28.7. The Hall–Kier alpha value is -6.52. The van der Waals surface area contributed by atoms with Gasteiger partial charge in [-0.25, -0.2) is 27.5 Å². The monoisotopic (exact) mass is 912 g/mol. The fraction of sp³-hybridized carbons (Fsp3) is 0.0789. The zero-order valence-corrected chi connectivity index (χ0v) is 32.4. The third-order valence-corrected chi connectivity index (χ3v) is 10.1. The second kappa shape index (κ2) is 17.6. The Bertz CT molecular complexity index is 2770. The van der Waals surface area contributed by atoms with Gasteiger partial charge < -0.3 is 4.52 Å². The van der Waals surface area contributed by atoms with Crippen LogP contribution in [0.2, 0.25) is 0 Å². The summed E-state index contributed by atoms with van der Waals surface area (Å²) >= 11 is 6.88. The van der Waals surface area contributed by atoms with E-state index in [0.717, 1.165) is 78.1 Å². The molecule has 314 valence electrons. The lowest BCUT2D eigenvalue weighted by Crippen LogP contribution is -2.15. The summed E-state index contributed by atoms with van der Waals surface area (Å²) in [4.78, 5) is 48.3. The number of halogens is 11. The molecule has 2 amide bonds. The minimum Gasteiger partial charge on any atom is -0.332 e. The summed E-state index contributed by atoms with van der Waals surface area (Å²) in [5, 5.41) is 6.56. The van der Waals surface area contributed by atoms with Gasteiger partial charge in [0.05, 0.1) is 20.9 Å². The standard InChI is InChI=1S/C20H11F5N4O2S.C18H8ClF5N2O2S/c1-9-26-18(31-29-9)15-16(10-4-2-5-11(8-10)20(23,24)25)32-19(27-15)28-17(30)14-12(21)6-3-7-13(14)22;19-15(27)13-14(8-3-1-4-9(7-8)18(22,23)24)29-17(25-13)26-16(28)12-10(20)5-2-6-11(12)21/h2-8H,1H3,(H,27,28,30);1-7H,(H,25,26,28). The smallest absolute Gasteiger partial charge is 0.332 e. The van der Waals surface area contributed by atoms with Crippen LogP contribution in [0.3, 0.4) is 0 Å². The molecule has 0 saturated heterocycles. The van der Waals surface area contributed by atoms with E-state index in [1.807, 2.05) is 0 Å². The lowest BCUT2D eigenvalue weighted by molar-refractivity contribution is -0.138. The minimum absolute atomic E-state index is 0.0132. The number of amides is 2. The van der Waals surface area contributed by atoms with Crippen LogP contribution in [0.4, 0.5) is 54.2 Å². The maximum atomic E-state index is 13.9. The van der Waals surface area contributed by atoms with Crippen molar-refractivity contribution in [3.05, 3.63) is 142 Å². The van der Waals surface area contributed by atoms with Gasteiger partial charge in [-0.2, -0.15) is 31.3 Å². The molecule has 23 heteroatoms. The van der Waals surface area contributed by atoms with E-state index in [4.69, 9.17) is 16.1 Å². The highest BCUT2D eigenvalue weighted by molar-refractivity contribution is 7.20. The van der Waals surface area contributed by atoms with E-state index in [9.17, 15) is 58.3 Å². The number of carbonyl (C=O) groups is 3. The predicted octanol–water partition coefficient (Wildman–Crippen LogP) is 11.5. The van der Waals surface area contributed by atoms with Gasteiger partial charge in [0, 0.05) is 0 Å². The van der Waals surface area contributed by atoms with Crippen LogP contribution in [0.5, 0.6) is 0 Å². The van der Waals surface area contributed by atoms with Crippen molar-refractivity contribution < 1.29 is 62.8 Å². The molecule has 3 heterocycles. The quantitative estimate of drug-likeness (QED) is 0.113. The first-order valence-corrected chi connectivity index (χ1v) is 18.6. The molecule has 0 atom stereocenters. The number of thiazole rings is 2. The van der Waals surface area contributed by atoms with Crippen molar-refractivity contribution in [3.63, 3.8) is 0 Å². The molecule has 0 aliphatic rings. The summed E-state index contributed by atoms with van der Waals surface area (Å²) < 4.78 is 139. The van der Waals surface area contributed by atoms with Crippen LogP contribution in [-0.2, 0) is 12.4 Å². The fourth-order valence-electron chi connectivity index (χ4n) is 5.23.